The molecule has 8 rings (SSSR count). The average molecular weight is 534 g/mol. The van der Waals surface area contributed by atoms with E-state index in [9.17, 15) is 9.90 Å². The lowest BCUT2D eigenvalue weighted by atomic mass is 9.77. The Hall–Kier alpha value is -2.45. The predicted octanol–water partition coefficient (Wildman–Crippen LogP) is 7.01. The number of rotatable bonds is 7. The van der Waals surface area contributed by atoms with Gasteiger partial charge in [-0.25, -0.2) is 9.78 Å². The summed E-state index contributed by atoms with van der Waals surface area (Å²) in [6.45, 7) is 0.634. The SMILES string of the molecule is O=C(O)c1ccc2nc(N3C4CC[C@H]3C[C@H](OCc3c(C5CCC6(CC5)CC6)noc3C3CC3)C4)sc2c1. The highest BCUT2D eigenvalue weighted by molar-refractivity contribution is 7.22. The van der Waals surface area contributed by atoms with E-state index >= 15 is 0 Å². The first-order valence-corrected chi connectivity index (χ1v) is 15.4. The second kappa shape index (κ2) is 8.78. The van der Waals surface area contributed by atoms with Gasteiger partial charge >= 0.3 is 5.97 Å². The Labute approximate surface area is 226 Å². The van der Waals surface area contributed by atoms with Crippen LogP contribution in [0.4, 0.5) is 5.13 Å². The van der Waals surface area contributed by atoms with Crippen molar-refractivity contribution in [3.05, 3.63) is 40.8 Å². The van der Waals surface area contributed by atoms with Gasteiger partial charge in [0.05, 0.1) is 34.2 Å². The summed E-state index contributed by atoms with van der Waals surface area (Å²) in [7, 11) is 0. The van der Waals surface area contributed by atoms with E-state index in [0.717, 1.165) is 46.8 Å². The number of carboxylic acids is 1. The second-order valence-electron chi connectivity index (χ2n) is 12.6. The normalized spacial score (nSPS) is 28.4. The molecule has 3 aromatic rings. The number of aromatic nitrogens is 2. The van der Waals surface area contributed by atoms with Crippen molar-refractivity contribution in [2.45, 2.75) is 114 Å². The van der Waals surface area contributed by atoms with E-state index in [4.69, 9.17) is 14.2 Å². The molecule has 5 fully saturated rings. The number of anilines is 1. The summed E-state index contributed by atoms with van der Waals surface area (Å²) in [6.07, 6.45) is 15.1. The first-order valence-electron chi connectivity index (χ1n) is 14.6. The van der Waals surface area contributed by atoms with Crippen molar-refractivity contribution in [3.8, 4) is 0 Å². The molecule has 3 aliphatic carbocycles. The summed E-state index contributed by atoms with van der Waals surface area (Å²) in [6, 6.07) is 6.09. The van der Waals surface area contributed by atoms with Crippen LogP contribution >= 0.6 is 11.3 Å². The van der Waals surface area contributed by atoms with Crippen LogP contribution in [0.1, 0.15) is 116 Å². The number of hydrogen-bond donors (Lipinski definition) is 1. The Morgan fingerprint density at radius 2 is 1.82 bits per heavy atom. The minimum atomic E-state index is -0.893. The molecule has 3 atom stereocenters. The number of nitrogens with zero attached hydrogens (tertiary/aromatic N) is 3. The van der Waals surface area contributed by atoms with Gasteiger partial charge in [0.2, 0.25) is 0 Å². The minimum Gasteiger partial charge on any atom is -0.478 e. The quantitative estimate of drug-likeness (QED) is 0.349. The van der Waals surface area contributed by atoms with Crippen LogP contribution in [0.25, 0.3) is 10.2 Å². The summed E-state index contributed by atoms with van der Waals surface area (Å²) in [4.78, 5) is 18.8. The molecule has 8 heteroatoms. The Kier molecular flexibility index (Phi) is 5.42. The molecule has 5 aliphatic rings. The van der Waals surface area contributed by atoms with Crippen LogP contribution in [-0.4, -0.2) is 39.4 Å². The molecule has 2 aliphatic heterocycles. The molecule has 7 nitrogen and oxygen atoms in total. The van der Waals surface area contributed by atoms with E-state index in [2.05, 4.69) is 10.1 Å². The van der Waals surface area contributed by atoms with Gasteiger partial charge in [0.25, 0.3) is 0 Å². The zero-order chi connectivity index (χ0) is 25.4. The number of ether oxygens (including phenoxy) is 1. The van der Waals surface area contributed by atoms with Crippen molar-refractivity contribution in [2.24, 2.45) is 5.41 Å². The molecule has 4 heterocycles. The van der Waals surface area contributed by atoms with Gasteiger partial charge in [-0.3, -0.25) is 0 Å². The van der Waals surface area contributed by atoms with Gasteiger partial charge < -0.3 is 19.3 Å². The number of benzene rings is 1. The Bertz CT molecular complexity index is 1370. The highest BCUT2D eigenvalue weighted by atomic mass is 32.1. The third-order valence-electron chi connectivity index (χ3n) is 10.2. The lowest BCUT2D eigenvalue weighted by Crippen LogP contribution is -2.45. The highest BCUT2D eigenvalue weighted by Crippen LogP contribution is 2.59. The molecule has 38 heavy (non-hydrogen) atoms. The predicted molar refractivity (Wildman–Crippen MR) is 145 cm³/mol. The highest BCUT2D eigenvalue weighted by Gasteiger charge is 2.47. The summed E-state index contributed by atoms with van der Waals surface area (Å²) >= 11 is 1.62. The first-order chi connectivity index (χ1) is 18.6. The largest absolute Gasteiger partial charge is 0.478 e. The molecule has 1 N–H and O–H groups in total. The maximum Gasteiger partial charge on any atom is 0.335 e. The molecule has 1 aromatic carbocycles. The summed E-state index contributed by atoms with van der Waals surface area (Å²) in [5, 5.41) is 15.0. The molecule has 3 saturated carbocycles. The molecular weight excluding hydrogens is 498 g/mol. The topological polar surface area (TPSA) is 88.7 Å². The van der Waals surface area contributed by atoms with Crippen LogP contribution in [0.15, 0.2) is 22.7 Å². The fourth-order valence-corrected chi connectivity index (χ4v) is 8.73. The van der Waals surface area contributed by atoms with E-state index in [1.165, 1.54) is 62.6 Å². The summed E-state index contributed by atoms with van der Waals surface area (Å²) in [5.41, 5.74) is 4.38. The Morgan fingerprint density at radius 1 is 1.05 bits per heavy atom. The third kappa shape index (κ3) is 4.06. The number of aromatic carboxylic acids is 1. The van der Waals surface area contributed by atoms with Crippen LogP contribution in [0.3, 0.4) is 0 Å². The van der Waals surface area contributed by atoms with Crippen LogP contribution in [0, 0.1) is 5.41 Å². The van der Waals surface area contributed by atoms with Crippen LogP contribution in [0.2, 0.25) is 0 Å². The number of carboxylic acid groups (broad SMARTS) is 1. The van der Waals surface area contributed by atoms with Crippen molar-refractivity contribution in [2.75, 3.05) is 4.90 Å². The number of thiazole rings is 1. The molecule has 2 aromatic heterocycles. The van der Waals surface area contributed by atoms with Gasteiger partial charge in [-0.05, 0) is 101 Å². The lowest BCUT2D eigenvalue weighted by Gasteiger charge is -2.38. The maximum atomic E-state index is 11.4. The second-order valence-corrected chi connectivity index (χ2v) is 13.6. The fourth-order valence-electron chi connectivity index (χ4n) is 7.58. The maximum absolute atomic E-state index is 11.4. The Balaban J connectivity index is 0.968. The minimum absolute atomic E-state index is 0.243. The molecule has 1 unspecified atom stereocenters. The third-order valence-corrected chi connectivity index (χ3v) is 11.2. The number of hydrogen-bond acceptors (Lipinski definition) is 7. The molecule has 200 valence electrons. The fraction of sp³-hybridized carbons (Fsp3) is 0.633. The van der Waals surface area contributed by atoms with E-state index in [0.29, 0.717) is 41.5 Å². The molecule has 2 saturated heterocycles. The van der Waals surface area contributed by atoms with Crippen molar-refractivity contribution >= 4 is 32.7 Å². The summed E-state index contributed by atoms with van der Waals surface area (Å²) in [5.74, 6) is 1.31. The molecule has 1 spiro atoms. The van der Waals surface area contributed by atoms with Crippen molar-refractivity contribution in [1.29, 1.82) is 0 Å². The van der Waals surface area contributed by atoms with Gasteiger partial charge in [-0.15, -0.1) is 0 Å². The number of fused-ring (bicyclic) bond motifs is 3. The van der Waals surface area contributed by atoms with Gasteiger partial charge in [-0.1, -0.05) is 16.5 Å². The average Bonchev–Trinajstić information content (AvgIpc) is 3.79. The van der Waals surface area contributed by atoms with E-state index in [-0.39, 0.29) is 6.10 Å². The van der Waals surface area contributed by atoms with Crippen LogP contribution < -0.4 is 4.90 Å². The van der Waals surface area contributed by atoms with Crippen molar-refractivity contribution in [1.82, 2.24) is 10.1 Å². The Morgan fingerprint density at radius 3 is 2.50 bits per heavy atom. The standard InChI is InChI=1S/C30H35N3O4S/c34-28(35)19-3-6-24-25(13-19)38-29(31-24)33-20-4-5-21(33)15-22(14-20)36-16-23-26(32-37-27(23)18-1-2-18)17-7-9-30(10-8-17)11-12-30/h3,6,13,17-18,20-22H,1-2,4-5,7-12,14-16H2,(H,34,35)/t20-,21?,22-/m0/s1. The summed E-state index contributed by atoms with van der Waals surface area (Å²) < 4.78 is 13.6. The zero-order valence-electron chi connectivity index (χ0n) is 21.7. The van der Waals surface area contributed by atoms with Gasteiger partial charge in [0.15, 0.2) is 5.13 Å². The van der Waals surface area contributed by atoms with Crippen molar-refractivity contribution in [3.63, 3.8) is 0 Å². The van der Waals surface area contributed by atoms with Crippen LogP contribution in [-0.2, 0) is 11.3 Å². The smallest absolute Gasteiger partial charge is 0.335 e. The molecule has 2 bridgehead atoms. The van der Waals surface area contributed by atoms with E-state index in [1.54, 1.807) is 23.5 Å². The number of piperidine rings is 1. The molecule has 0 amide bonds. The zero-order valence-corrected chi connectivity index (χ0v) is 22.5. The van der Waals surface area contributed by atoms with Gasteiger partial charge in [-0.2, -0.15) is 0 Å². The van der Waals surface area contributed by atoms with Crippen molar-refractivity contribution < 1.29 is 19.2 Å². The van der Waals surface area contributed by atoms with Crippen LogP contribution in [0.5, 0.6) is 0 Å². The number of carbonyl (C=O) groups is 1. The molecular formula is C30H35N3O4S. The molecule has 0 radical (unpaired) electrons. The van der Waals surface area contributed by atoms with E-state index in [1.807, 2.05) is 6.07 Å². The van der Waals surface area contributed by atoms with E-state index < -0.39 is 5.97 Å². The van der Waals surface area contributed by atoms with Gasteiger partial charge in [0.1, 0.15) is 5.76 Å². The monoisotopic (exact) mass is 533 g/mol. The van der Waals surface area contributed by atoms with Gasteiger partial charge in [0, 0.05) is 29.5 Å². The lowest BCUT2D eigenvalue weighted by molar-refractivity contribution is 0.0140. The first kappa shape index (κ1) is 23.4.